The lowest BCUT2D eigenvalue weighted by Gasteiger charge is -2.25. The molecule has 0 radical (unpaired) electrons. The quantitative estimate of drug-likeness (QED) is 0.667. The van der Waals surface area contributed by atoms with Gasteiger partial charge in [-0.25, -0.2) is 4.68 Å². The second-order valence-electron chi connectivity index (χ2n) is 8.46. The number of hydrogen-bond acceptors (Lipinski definition) is 4. The lowest BCUT2D eigenvalue weighted by atomic mass is 10.2. The van der Waals surface area contributed by atoms with Crippen molar-refractivity contribution in [3.05, 3.63) is 66.4 Å². The largest absolute Gasteiger partial charge is 0.360 e. The molecule has 2 aliphatic rings. The molecule has 2 aromatic carbocycles. The van der Waals surface area contributed by atoms with Crippen LogP contribution in [0.15, 0.2) is 60.7 Å². The van der Waals surface area contributed by atoms with Gasteiger partial charge in [0.05, 0.1) is 29.3 Å². The molecule has 2 amide bonds. The Hall–Kier alpha value is -3.61. The van der Waals surface area contributed by atoms with Crippen LogP contribution in [0.3, 0.4) is 0 Å². The van der Waals surface area contributed by atoms with Crippen molar-refractivity contribution in [2.45, 2.75) is 32.1 Å². The third-order valence-electron chi connectivity index (χ3n) is 6.03. The van der Waals surface area contributed by atoms with Gasteiger partial charge in [0.1, 0.15) is 5.82 Å². The first-order chi connectivity index (χ1) is 15.6. The van der Waals surface area contributed by atoms with Crippen LogP contribution in [-0.4, -0.2) is 41.2 Å². The van der Waals surface area contributed by atoms with E-state index >= 15 is 0 Å². The second-order valence-corrected chi connectivity index (χ2v) is 8.46. The van der Waals surface area contributed by atoms with Crippen molar-refractivity contribution in [2.75, 3.05) is 34.8 Å². The molecule has 3 aromatic rings. The van der Waals surface area contributed by atoms with Gasteiger partial charge in [-0.2, -0.15) is 5.10 Å². The van der Waals surface area contributed by atoms with Crippen molar-refractivity contribution in [1.29, 1.82) is 0 Å². The third-order valence-corrected chi connectivity index (χ3v) is 6.03. The van der Waals surface area contributed by atoms with Crippen molar-refractivity contribution in [2.24, 2.45) is 0 Å². The zero-order valence-electron chi connectivity index (χ0n) is 18.2. The summed E-state index contributed by atoms with van der Waals surface area (Å²) < 4.78 is 1.82. The van der Waals surface area contributed by atoms with E-state index in [1.165, 1.54) is 0 Å². The SMILES string of the molecule is CC(=O)N1CCCN(CC(=O)Nc2cc(C3CC3)nn2-c2ccccc2)c2ccccc21. The Bertz CT molecular complexity index is 1140. The van der Waals surface area contributed by atoms with Crippen molar-refractivity contribution >= 4 is 29.0 Å². The van der Waals surface area contributed by atoms with E-state index in [0.717, 1.165) is 42.0 Å². The minimum atomic E-state index is -0.101. The minimum Gasteiger partial charge on any atom is -0.360 e. The first kappa shape index (κ1) is 20.3. The molecule has 0 spiro atoms. The van der Waals surface area contributed by atoms with Gasteiger partial charge in [-0.1, -0.05) is 30.3 Å². The molecule has 1 fully saturated rings. The predicted molar refractivity (Wildman–Crippen MR) is 125 cm³/mol. The van der Waals surface area contributed by atoms with Crippen LogP contribution >= 0.6 is 0 Å². The Morgan fingerprint density at radius 1 is 1.00 bits per heavy atom. The lowest BCUT2D eigenvalue weighted by molar-refractivity contribution is -0.116. The number of amides is 2. The molecule has 0 atom stereocenters. The second kappa shape index (κ2) is 8.49. The Morgan fingerprint density at radius 3 is 2.44 bits per heavy atom. The standard InChI is InChI=1S/C25H27N5O2/c1-18(31)29-15-7-14-28(22-10-5-6-11-23(22)29)17-25(32)26-24-16-21(19-12-13-19)27-30(24)20-8-3-2-4-9-20/h2-6,8-11,16,19H,7,12-15,17H2,1H3,(H,26,32). The number of nitrogens with zero attached hydrogens (tertiary/aromatic N) is 4. The van der Waals surface area contributed by atoms with Gasteiger partial charge >= 0.3 is 0 Å². The van der Waals surface area contributed by atoms with E-state index < -0.39 is 0 Å². The summed E-state index contributed by atoms with van der Waals surface area (Å²) >= 11 is 0. The Balaban J connectivity index is 1.38. The van der Waals surface area contributed by atoms with Gasteiger partial charge in [0.15, 0.2) is 0 Å². The summed E-state index contributed by atoms with van der Waals surface area (Å²) in [6, 6.07) is 19.7. The van der Waals surface area contributed by atoms with Crippen molar-refractivity contribution < 1.29 is 9.59 Å². The number of hydrogen-bond donors (Lipinski definition) is 1. The normalized spacial score (nSPS) is 15.8. The van der Waals surface area contributed by atoms with Crippen LogP contribution in [0.2, 0.25) is 0 Å². The summed E-state index contributed by atoms with van der Waals surface area (Å²) in [6.07, 6.45) is 3.10. The molecule has 0 bridgehead atoms. The minimum absolute atomic E-state index is 0.0168. The van der Waals surface area contributed by atoms with Gasteiger partial charge < -0.3 is 15.1 Å². The third kappa shape index (κ3) is 4.10. The monoisotopic (exact) mass is 429 g/mol. The maximum atomic E-state index is 13.1. The zero-order valence-corrected chi connectivity index (χ0v) is 18.2. The number of carbonyl (C=O) groups is 2. The molecule has 1 aliphatic carbocycles. The highest BCUT2D eigenvalue weighted by atomic mass is 16.2. The first-order valence-electron chi connectivity index (χ1n) is 11.2. The highest BCUT2D eigenvalue weighted by molar-refractivity contribution is 5.98. The van der Waals surface area contributed by atoms with Gasteiger partial charge in [-0.15, -0.1) is 0 Å². The maximum absolute atomic E-state index is 13.1. The highest BCUT2D eigenvalue weighted by Crippen LogP contribution is 2.40. The first-order valence-corrected chi connectivity index (χ1v) is 11.2. The molecule has 7 nitrogen and oxygen atoms in total. The summed E-state index contributed by atoms with van der Waals surface area (Å²) in [4.78, 5) is 29.1. The Morgan fingerprint density at radius 2 is 1.72 bits per heavy atom. The molecule has 164 valence electrons. The van der Waals surface area contributed by atoms with Crippen LogP contribution in [0.5, 0.6) is 0 Å². The number of anilines is 3. The Kier molecular flexibility index (Phi) is 5.39. The lowest BCUT2D eigenvalue weighted by Crippen LogP contribution is -2.34. The fraction of sp³-hybridized carbons (Fsp3) is 0.320. The molecule has 1 aliphatic heterocycles. The number of nitrogens with one attached hydrogen (secondary N) is 1. The van der Waals surface area contributed by atoms with E-state index in [4.69, 9.17) is 5.10 Å². The molecule has 0 saturated heterocycles. The molecular formula is C25H27N5O2. The smallest absolute Gasteiger partial charge is 0.245 e. The summed E-state index contributed by atoms with van der Waals surface area (Å²) in [5.41, 5.74) is 3.72. The van der Waals surface area contributed by atoms with E-state index in [9.17, 15) is 9.59 Å². The van der Waals surface area contributed by atoms with Crippen LogP contribution in [0, 0.1) is 0 Å². The van der Waals surface area contributed by atoms with Crippen LogP contribution < -0.4 is 15.1 Å². The van der Waals surface area contributed by atoms with Crippen molar-refractivity contribution in [3.63, 3.8) is 0 Å². The van der Waals surface area contributed by atoms with Gasteiger partial charge in [0, 0.05) is 32.0 Å². The molecular weight excluding hydrogens is 402 g/mol. The molecule has 5 rings (SSSR count). The number of rotatable bonds is 5. The zero-order chi connectivity index (χ0) is 22.1. The van der Waals surface area contributed by atoms with E-state index in [2.05, 4.69) is 10.2 Å². The highest BCUT2D eigenvalue weighted by Gasteiger charge is 2.28. The molecule has 2 heterocycles. The molecule has 1 saturated carbocycles. The average molecular weight is 430 g/mol. The maximum Gasteiger partial charge on any atom is 0.245 e. The van der Waals surface area contributed by atoms with Crippen LogP contribution in [0.1, 0.15) is 37.8 Å². The number of para-hydroxylation sites is 3. The van der Waals surface area contributed by atoms with E-state index in [0.29, 0.717) is 24.8 Å². The summed E-state index contributed by atoms with van der Waals surface area (Å²) in [5.74, 6) is 1.10. The number of fused-ring (bicyclic) bond motifs is 1. The summed E-state index contributed by atoms with van der Waals surface area (Å²) in [5, 5.41) is 7.85. The molecule has 0 unspecified atom stereocenters. The average Bonchev–Trinajstić information content (AvgIpc) is 3.59. The molecule has 7 heteroatoms. The predicted octanol–water partition coefficient (Wildman–Crippen LogP) is 3.95. The van der Waals surface area contributed by atoms with E-state index in [1.54, 1.807) is 11.8 Å². The van der Waals surface area contributed by atoms with Gasteiger partial charge in [-0.05, 0) is 43.5 Å². The summed E-state index contributed by atoms with van der Waals surface area (Å²) in [6.45, 7) is 3.15. The van der Waals surface area contributed by atoms with Crippen LogP contribution in [0.4, 0.5) is 17.2 Å². The fourth-order valence-electron chi connectivity index (χ4n) is 4.30. The number of benzene rings is 2. The summed E-state index contributed by atoms with van der Waals surface area (Å²) in [7, 11) is 0. The molecule has 1 N–H and O–H groups in total. The Labute approximate surface area is 187 Å². The van der Waals surface area contributed by atoms with Gasteiger partial charge in [0.25, 0.3) is 0 Å². The number of carbonyl (C=O) groups excluding carboxylic acids is 2. The van der Waals surface area contributed by atoms with Gasteiger partial charge in [0.2, 0.25) is 11.8 Å². The fourth-order valence-corrected chi connectivity index (χ4v) is 4.30. The number of aromatic nitrogens is 2. The van der Waals surface area contributed by atoms with Crippen molar-refractivity contribution in [1.82, 2.24) is 9.78 Å². The van der Waals surface area contributed by atoms with Gasteiger partial charge in [-0.3, -0.25) is 9.59 Å². The van der Waals surface area contributed by atoms with E-state index in [-0.39, 0.29) is 18.4 Å². The van der Waals surface area contributed by atoms with Crippen LogP contribution in [-0.2, 0) is 9.59 Å². The molecule has 32 heavy (non-hydrogen) atoms. The van der Waals surface area contributed by atoms with Crippen molar-refractivity contribution in [3.8, 4) is 5.69 Å². The van der Waals surface area contributed by atoms with E-state index in [1.807, 2.05) is 65.3 Å². The topological polar surface area (TPSA) is 70.5 Å². The van der Waals surface area contributed by atoms with Crippen LogP contribution in [0.25, 0.3) is 5.69 Å². The molecule has 1 aromatic heterocycles.